The monoisotopic (exact) mass is 418 g/mol. The van der Waals surface area contributed by atoms with E-state index in [2.05, 4.69) is 9.82 Å². The minimum absolute atomic E-state index is 0.00905. The SMILES string of the molecule is COC1CCC(c2nn(C)c(C(=O)O)c2NS(=O)(=O)c2ccc(C#N)cc2)CC1. The van der Waals surface area contributed by atoms with Gasteiger partial charge in [0, 0.05) is 20.1 Å². The van der Waals surface area contributed by atoms with Gasteiger partial charge in [-0.3, -0.25) is 9.40 Å². The lowest BCUT2D eigenvalue weighted by Gasteiger charge is -2.27. The summed E-state index contributed by atoms with van der Waals surface area (Å²) >= 11 is 0. The van der Waals surface area contributed by atoms with E-state index in [0.717, 1.165) is 25.7 Å². The first-order valence-corrected chi connectivity index (χ1v) is 10.6. The van der Waals surface area contributed by atoms with Crippen LogP contribution in [0.1, 0.15) is 53.3 Å². The van der Waals surface area contributed by atoms with Gasteiger partial charge < -0.3 is 9.84 Å². The first-order chi connectivity index (χ1) is 13.8. The van der Waals surface area contributed by atoms with Crippen molar-refractivity contribution in [3.8, 4) is 6.07 Å². The van der Waals surface area contributed by atoms with E-state index in [1.165, 1.54) is 36.0 Å². The van der Waals surface area contributed by atoms with Gasteiger partial charge >= 0.3 is 5.97 Å². The number of carboxylic acids is 1. The van der Waals surface area contributed by atoms with Crippen molar-refractivity contribution in [2.24, 2.45) is 7.05 Å². The number of ether oxygens (including phenoxy) is 1. The third kappa shape index (κ3) is 4.26. The summed E-state index contributed by atoms with van der Waals surface area (Å²) in [6.07, 6.45) is 3.18. The molecule has 0 atom stereocenters. The zero-order valence-electron chi connectivity index (χ0n) is 16.1. The average molecular weight is 418 g/mol. The maximum atomic E-state index is 12.9. The molecule has 2 N–H and O–H groups in total. The summed E-state index contributed by atoms with van der Waals surface area (Å²) < 4.78 is 34.7. The fourth-order valence-corrected chi connectivity index (χ4v) is 4.73. The highest BCUT2D eigenvalue weighted by Crippen LogP contribution is 2.38. The summed E-state index contributed by atoms with van der Waals surface area (Å²) in [5, 5.41) is 22.8. The predicted molar refractivity (Wildman–Crippen MR) is 104 cm³/mol. The van der Waals surface area contributed by atoms with Crippen LogP contribution in [0, 0.1) is 11.3 Å². The van der Waals surface area contributed by atoms with Gasteiger partial charge in [-0.15, -0.1) is 0 Å². The van der Waals surface area contributed by atoms with Crippen molar-refractivity contribution < 1.29 is 23.1 Å². The van der Waals surface area contributed by atoms with Crippen molar-refractivity contribution in [2.45, 2.75) is 42.6 Å². The Morgan fingerprint density at radius 3 is 2.41 bits per heavy atom. The van der Waals surface area contributed by atoms with E-state index in [1.54, 1.807) is 7.11 Å². The van der Waals surface area contributed by atoms with Gasteiger partial charge in [0.2, 0.25) is 0 Å². The van der Waals surface area contributed by atoms with Gasteiger partial charge in [-0.1, -0.05) is 0 Å². The standard InChI is InChI=1S/C19H22N4O5S/c1-23-18(19(24)25)17(16(21-23)13-5-7-14(28-2)8-6-13)22-29(26,27)15-9-3-12(11-20)4-10-15/h3-4,9-10,13-14,22H,5-8H2,1-2H3,(H,24,25). The van der Waals surface area contributed by atoms with Crippen LogP contribution in [0.5, 0.6) is 0 Å². The molecule has 1 aliphatic carbocycles. The van der Waals surface area contributed by atoms with Crippen molar-refractivity contribution >= 4 is 21.7 Å². The lowest BCUT2D eigenvalue weighted by atomic mass is 9.84. The average Bonchev–Trinajstić information content (AvgIpc) is 3.03. The summed E-state index contributed by atoms with van der Waals surface area (Å²) in [7, 11) is -0.921. The number of aryl methyl sites for hydroxylation is 1. The molecule has 0 bridgehead atoms. The highest BCUT2D eigenvalue weighted by atomic mass is 32.2. The first-order valence-electron chi connectivity index (χ1n) is 9.12. The fraction of sp³-hybridized carbons (Fsp3) is 0.421. The quantitative estimate of drug-likeness (QED) is 0.736. The van der Waals surface area contributed by atoms with Crippen LogP contribution in [-0.2, 0) is 21.8 Å². The van der Waals surface area contributed by atoms with E-state index < -0.39 is 16.0 Å². The molecule has 29 heavy (non-hydrogen) atoms. The Labute approximate surface area is 169 Å². The molecule has 0 radical (unpaired) electrons. The molecular formula is C19H22N4O5S. The molecule has 3 rings (SSSR count). The highest BCUT2D eigenvalue weighted by Gasteiger charge is 2.32. The molecule has 10 heteroatoms. The van der Waals surface area contributed by atoms with Crippen LogP contribution in [-0.4, -0.2) is 42.5 Å². The number of aromatic nitrogens is 2. The molecule has 1 aromatic heterocycles. The number of sulfonamides is 1. The molecule has 154 valence electrons. The van der Waals surface area contributed by atoms with Crippen LogP contribution in [0.3, 0.4) is 0 Å². The third-order valence-corrected chi connectivity index (χ3v) is 6.57. The zero-order valence-corrected chi connectivity index (χ0v) is 16.9. The topological polar surface area (TPSA) is 134 Å². The van der Waals surface area contributed by atoms with E-state index in [-0.39, 0.29) is 28.3 Å². The Balaban J connectivity index is 1.98. The van der Waals surface area contributed by atoms with Crippen LogP contribution in [0.4, 0.5) is 5.69 Å². The Morgan fingerprint density at radius 1 is 1.28 bits per heavy atom. The molecule has 2 aromatic rings. The Hall–Kier alpha value is -2.90. The maximum absolute atomic E-state index is 12.9. The number of benzene rings is 1. The van der Waals surface area contributed by atoms with Crippen molar-refractivity contribution in [3.05, 3.63) is 41.2 Å². The lowest BCUT2D eigenvalue weighted by molar-refractivity contribution is 0.0655. The van der Waals surface area contributed by atoms with Gasteiger partial charge in [0.05, 0.1) is 28.3 Å². The molecule has 0 spiro atoms. The summed E-state index contributed by atoms with van der Waals surface area (Å²) in [6, 6.07) is 7.32. The van der Waals surface area contributed by atoms with Crippen LogP contribution in [0.25, 0.3) is 0 Å². The van der Waals surface area contributed by atoms with E-state index in [4.69, 9.17) is 10.00 Å². The predicted octanol–water partition coefficient (Wildman–Crippen LogP) is 2.46. The normalized spacial score (nSPS) is 19.5. The number of nitrogens with zero attached hydrogens (tertiary/aromatic N) is 3. The number of hydrogen-bond donors (Lipinski definition) is 2. The second kappa shape index (κ2) is 8.23. The summed E-state index contributed by atoms with van der Waals surface area (Å²) in [4.78, 5) is 11.7. The number of carboxylic acid groups (broad SMARTS) is 1. The lowest BCUT2D eigenvalue weighted by Crippen LogP contribution is -2.21. The molecule has 0 aliphatic heterocycles. The van der Waals surface area contributed by atoms with Crippen LogP contribution in [0.2, 0.25) is 0 Å². The Bertz CT molecular complexity index is 1050. The second-order valence-corrected chi connectivity index (χ2v) is 8.67. The number of aromatic carboxylic acids is 1. The zero-order chi connectivity index (χ0) is 21.2. The van der Waals surface area contributed by atoms with Gasteiger partial charge in [0.15, 0.2) is 5.69 Å². The van der Waals surface area contributed by atoms with E-state index in [0.29, 0.717) is 11.3 Å². The van der Waals surface area contributed by atoms with Gasteiger partial charge in [-0.2, -0.15) is 10.4 Å². The van der Waals surface area contributed by atoms with Gasteiger partial charge in [0.1, 0.15) is 5.69 Å². The minimum atomic E-state index is -4.06. The number of anilines is 1. The van der Waals surface area contributed by atoms with Crippen LogP contribution in [0.15, 0.2) is 29.2 Å². The van der Waals surface area contributed by atoms with Crippen molar-refractivity contribution in [1.82, 2.24) is 9.78 Å². The summed E-state index contributed by atoms with van der Waals surface area (Å²) in [5.74, 6) is -1.34. The number of hydrogen-bond acceptors (Lipinski definition) is 6. The van der Waals surface area contributed by atoms with Crippen LogP contribution >= 0.6 is 0 Å². The molecule has 1 aliphatic rings. The van der Waals surface area contributed by atoms with Gasteiger partial charge in [-0.25, -0.2) is 13.2 Å². The van der Waals surface area contributed by atoms with Crippen molar-refractivity contribution in [3.63, 3.8) is 0 Å². The minimum Gasteiger partial charge on any atom is -0.476 e. The molecule has 1 heterocycles. The van der Waals surface area contributed by atoms with Gasteiger partial charge in [0.25, 0.3) is 10.0 Å². The summed E-state index contributed by atoms with van der Waals surface area (Å²) in [5.41, 5.74) is 0.528. The molecule has 1 aromatic carbocycles. The molecule has 9 nitrogen and oxygen atoms in total. The maximum Gasteiger partial charge on any atom is 0.356 e. The van der Waals surface area contributed by atoms with Crippen LogP contribution < -0.4 is 4.72 Å². The molecule has 0 unspecified atom stereocenters. The number of methoxy groups -OCH3 is 1. The van der Waals surface area contributed by atoms with E-state index in [1.807, 2.05) is 6.07 Å². The van der Waals surface area contributed by atoms with E-state index in [9.17, 15) is 18.3 Å². The number of nitriles is 1. The smallest absolute Gasteiger partial charge is 0.356 e. The largest absolute Gasteiger partial charge is 0.476 e. The van der Waals surface area contributed by atoms with E-state index >= 15 is 0 Å². The molecule has 0 amide bonds. The molecule has 1 fully saturated rings. The Kier molecular flexibility index (Phi) is 5.91. The first kappa shape index (κ1) is 20.8. The van der Waals surface area contributed by atoms with Crippen molar-refractivity contribution in [2.75, 3.05) is 11.8 Å². The number of carbonyl (C=O) groups is 1. The number of nitrogens with one attached hydrogen (secondary N) is 1. The fourth-order valence-electron chi connectivity index (χ4n) is 3.65. The second-order valence-electron chi connectivity index (χ2n) is 6.99. The third-order valence-electron chi connectivity index (χ3n) is 5.20. The summed E-state index contributed by atoms with van der Waals surface area (Å²) in [6.45, 7) is 0. The molecular weight excluding hydrogens is 396 g/mol. The number of rotatable bonds is 6. The Morgan fingerprint density at radius 2 is 1.90 bits per heavy atom. The van der Waals surface area contributed by atoms with Crippen molar-refractivity contribution in [1.29, 1.82) is 5.26 Å². The molecule has 1 saturated carbocycles. The highest BCUT2D eigenvalue weighted by molar-refractivity contribution is 7.92. The molecule has 0 saturated heterocycles. The van der Waals surface area contributed by atoms with Gasteiger partial charge in [-0.05, 0) is 49.9 Å².